The molecule has 0 bridgehead atoms. The van der Waals surface area contributed by atoms with Gasteiger partial charge in [0.15, 0.2) is 0 Å². The Morgan fingerprint density at radius 3 is 2.60 bits per heavy atom. The minimum atomic E-state index is -0.0306. The maximum Gasteiger partial charge on any atom is 0.141 e. The highest BCUT2D eigenvalue weighted by Gasteiger charge is 2.32. The lowest BCUT2D eigenvalue weighted by molar-refractivity contribution is -0.117. The number of allylic oxidation sites excluding steroid dienone is 9. The average Bonchev–Trinajstić information content (AvgIpc) is 3.37. The van der Waals surface area contributed by atoms with Gasteiger partial charge >= 0.3 is 0 Å². The third kappa shape index (κ3) is 9.08. The molecule has 0 fully saturated rings. The first-order valence-corrected chi connectivity index (χ1v) is 15.9. The van der Waals surface area contributed by atoms with Crippen LogP contribution < -0.4 is 0 Å². The number of nitrogens with zero attached hydrogens (tertiary/aromatic N) is 2. The summed E-state index contributed by atoms with van der Waals surface area (Å²) < 4.78 is 0. The second kappa shape index (κ2) is 14.7. The van der Waals surface area contributed by atoms with E-state index in [0.717, 1.165) is 43.5 Å². The molecule has 1 aromatic carbocycles. The molecule has 1 aromatic rings. The van der Waals surface area contributed by atoms with Crippen molar-refractivity contribution in [3.63, 3.8) is 0 Å². The largest absolute Gasteiger partial charge is 0.299 e. The van der Waals surface area contributed by atoms with Crippen molar-refractivity contribution in [1.29, 1.82) is 0 Å². The van der Waals surface area contributed by atoms with E-state index in [0.29, 0.717) is 18.8 Å². The van der Waals surface area contributed by atoms with E-state index in [1.807, 2.05) is 6.21 Å². The fourth-order valence-electron chi connectivity index (χ4n) is 5.90. The second-order valence-electron chi connectivity index (χ2n) is 13.3. The number of unbranched alkanes of at least 4 members (excludes halogenated alkanes) is 1. The molecule has 0 N–H and O–H groups in total. The summed E-state index contributed by atoms with van der Waals surface area (Å²) in [6, 6.07) is 8.64. The van der Waals surface area contributed by atoms with Gasteiger partial charge in [0, 0.05) is 36.1 Å². The molecule has 3 nitrogen and oxygen atoms in total. The standard InChI is InChI=1S/C39H50N2O/c1-7-8-12-33-20-22-40-21-19-30(16-15-29(33)3)23-31-10-9-11-32(24-31)25-36(42)26-35-27-37(39(4,5)6)41-38(35)34-17-13-28(2)14-18-34/h9-11,13-15,17,19-21,24,27,34,38H,7-8,12,16,18,22-23,25-26H2,1-6H3/b29-15-,30-19+,33-20-,40-21?. The third-order valence-corrected chi connectivity index (χ3v) is 8.53. The van der Waals surface area contributed by atoms with E-state index in [1.54, 1.807) is 0 Å². The number of carbonyl (C=O) groups excluding carboxylic acids is 1. The van der Waals surface area contributed by atoms with Gasteiger partial charge in [-0.25, -0.2) is 0 Å². The van der Waals surface area contributed by atoms with Gasteiger partial charge in [-0.2, -0.15) is 0 Å². The predicted molar refractivity (Wildman–Crippen MR) is 181 cm³/mol. The second-order valence-corrected chi connectivity index (χ2v) is 13.3. The Morgan fingerprint density at radius 2 is 1.86 bits per heavy atom. The van der Waals surface area contributed by atoms with Crippen molar-refractivity contribution in [3.8, 4) is 0 Å². The Kier molecular flexibility index (Phi) is 11.1. The van der Waals surface area contributed by atoms with Gasteiger partial charge in [0.1, 0.15) is 5.78 Å². The van der Waals surface area contributed by atoms with Crippen LogP contribution in [0.5, 0.6) is 0 Å². The molecule has 0 saturated carbocycles. The van der Waals surface area contributed by atoms with Crippen LogP contribution >= 0.6 is 0 Å². The van der Waals surface area contributed by atoms with Crippen LogP contribution in [0.4, 0.5) is 0 Å². The summed E-state index contributed by atoms with van der Waals surface area (Å²) in [6.45, 7) is 14.0. The van der Waals surface area contributed by atoms with Crippen molar-refractivity contribution < 1.29 is 4.79 Å². The first kappa shape index (κ1) is 31.6. The lowest BCUT2D eigenvalue weighted by Crippen LogP contribution is -2.21. The summed E-state index contributed by atoms with van der Waals surface area (Å²) in [5.74, 6) is 0.580. The van der Waals surface area contributed by atoms with Crippen molar-refractivity contribution in [1.82, 2.24) is 0 Å². The van der Waals surface area contributed by atoms with Gasteiger partial charge in [-0.15, -0.1) is 0 Å². The molecular formula is C39H50N2O. The first-order chi connectivity index (χ1) is 20.1. The zero-order valence-corrected chi connectivity index (χ0v) is 26.7. The zero-order valence-electron chi connectivity index (χ0n) is 26.7. The number of rotatable bonds is 10. The highest BCUT2D eigenvalue weighted by Crippen LogP contribution is 2.35. The normalized spacial score (nSPS) is 24.9. The highest BCUT2D eigenvalue weighted by atomic mass is 16.1. The van der Waals surface area contributed by atoms with E-state index >= 15 is 0 Å². The molecular weight excluding hydrogens is 512 g/mol. The number of hydrogen-bond donors (Lipinski definition) is 0. The Hall–Kier alpha value is -3.33. The van der Waals surface area contributed by atoms with Crippen molar-refractivity contribution in [2.24, 2.45) is 21.3 Å². The molecule has 2 heterocycles. The van der Waals surface area contributed by atoms with Crippen LogP contribution in [0.3, 0.4) is 0 Å². The number of ketones is 1. The van der Waals surface area contributed by atoms with Gasteiger partial charge in [-0.3, -0.25) is 14.8 Å². The molecule has 222 valence electrons. The summed E-state index contributed by atoms with van der Waals surface area (Å²) in [7, 11) is 0. The molecule has 4 rings (SSSR count). The fraction of sp³-hybridized carbons (Fsp3) is 0.462. The van der Waals surface area contributed by atoms with Crippen LogP contribution in [-0.2, 0) is 17.6 Å². The van der Waals surface area contributed by atoms with E-state index in [2.05, 4.69) is 113 Å². The quantitative estimate of drug-likeness (QED) is 0.280. The summed E-state index contributed by atoms with van der Waals surface area (Å²) in [5.41, 5.74) is 10.0. The summed E-state index contributed by atoms with van der Waals surface area (Å²) >= 11 is 0. The molecule has 0 amide bonds. The molecule has 0 radical (unpaired) electrons. The van der Waals surface area contributed by atoms with Crippen molar-refractivity contribution in [2.45, 2.75) is 99.0 Å². The van der Waals surface area contributed by atoms with Gasteiger partial charge < -0.3 is 0 Å². The van der Waals surface area contributed by atoms with Crippen LogP contribution in [0, 0.1) is 11.3 Å². The van der Waals surface area contributed by atoms with Crippen molar-refractivity contribution in [2.75, 3.05) is 6.54 Å². The Bertz CT molecular complexity index is 1380. The molecule has 3 aliphatic rings. The fourth-order valence-corrected chi connectivity index (χ4v) is 5.90. The van der Waals surface area contributed by atoms with Crippen LogP contribution in [0.1, 0.15) is 91.2 Å². The number of hydrogen-bond acceptors (Lipinski definition) is 3. The number of aliphatic imine (C=N–C) groups is 2. The molecule has 2 unspecified atom stereocenters. The zero-order chi connectivity index (χ0) is 30.1. The lowest BCUT2D eigenvalue weighted by Gasteiger charge is -2.23. The lowest BCUT2D eigenvalue weighted by atomic mass is 9.84. The summed E-state index contributed by atoms with van der Waals surface area (Å²) in [5, 5.41) is 0. The SMILES string of the molecule is CCCCC1=C/CN=C/C=C(/Cc2cccc(CC(=O)CC3=CC(C(C)(C)C)=NC3C3C=CC(C)=CC3)c2)C/C=C\1C. The van der Waals surface area contributed by atoms with Crippen LogP contribution in [0.15, 0.2) is 105 Å². The van der Waals surface area contributed by atoms with Crippen LogP contribution in [0.2, 0.25) is 0 Å². The van der Waals surface area contributed by atoms with E-state index < -0.39 is 0 Å². The molecule has 1 aliphatic carbocycles. The van der Waals surface area contributed by atoms with Crippen molar-refractivity contribution >= 4 is 17.7 Å². The van der Waals surface area contributed by atoms with Crippen molar-refractivity contribution in [3.05, 3.63) is 106 Å². The number of carbonyl (C=O) groups is 1. The summed E-state index contributed by atoms with van der Waals surface area (Å²) in [4.78, 5) is 23.2. The molecule has 0 aromatic heterocycles. The minimum Gasteiger partial charge on any atom is -0.299 e. The predicted octanol–water partition coefficient (Wildman–Crippen LogP) is 9.51. The Labute approximate surface area is 254 Å². The molecule has 3 heteroatoms. The minimum absolute atomic E-state index is 0.0306. The molecule has 42 heavy (non-hydrogen) atoms. The monoisotopic (exact) mass is 562 g/mol. The van der Waals surface area contributed by atoms with Crippen LogP contribution in [0.25, 0.3) is 0 Å². The maximum atomic E-state index is 13.4. The Balaban J connectivity index is 1.42. The first-order valence-electron chi connectivity index (χ1n) is 15.9. The molecule has 2 aliphatic heterocycles. The molecule has 0 spiro atoms. The van der Waals surface area contributed by atoms with Crippen LogP contribution in [-0.4, -0.2) is 30.3 Å². The Morgan fingerprint density at radius 1 is 1.05 bits per heavy atom. The van der Waals surface area contributed by atoms with E-state index in [9.17, 15) is 4.79 Å². The molecule has 0 saturated heterocycles. The van der Waals surface area contributed by atoms with Gasteiger partial charge in [-0.05, 0) is 80.4 Å². The number of benzene rings is 1. The smallest absolute Gasteiger partial charge is 0.141 e. The van der Waals surface area contributed by atoms with Gasteiger partial charge in [0.2, 0.25) is 0 Å². The van der Waals surface area contributed by atoms with Gasteiger partial charge in [0.05, 0.1) is 12.6 Å². The maximum absolute atomic E-state index is 13.4. The highest BCUT2D eigenvalue weighted by molar-refractivity contribution is 6.02. The molecule has 2 atom stereocenters. The average molecular weight is 563 g/mol. The van der Waals surface area contributed by atoms with E-state index in [4.69, 9.17) is 4.99 Å². The van der Waals surface area contributed by atoms with Gasteiger partial charge in [0.25, 0.3) is 0 Å². The van der Waals surface area contributed by atoms with Gasteiger partial charge in [-0.1, -0.05) is 105 Å². The number of Topliss-reactive ketones (excluding diaryl/α,β-unsaturated/α-hetero) is 1. The summed E-state index contributed by atoms with van der Waals surface area (Å²) in [6.07, 6.45) is 25.0. The van der Waals surface area contributed by atoms with E-state index in [-0.39, 0.29) is 17.2 Å². The topological polar surface area (TPSA) is 41.8 Å². The third-order valence-electron chi connectivity index (χ3n) is 8.53. The van der Waals surface area contributed by atoms with E-state index in [1.165, 1.54) is 46.3 Å².